The summed E-state index contributed by atoms with van der Waals surface area (Å²) in [6.45, 7) is 2.49. The Morgan fingerprint density at radius 2 is 2.00 bits per heavy atom. The Balaban J connectivity index is 1.87. The molecule has 0 radical (unpaired) electrons. The van der Waals surface area contributed by atoms with Crippen molar-refractivity contribution in [2.75, 3.05) is 18.9 Å². The number of benzene rings is 1. The number of halogens is 2. The van der Waals surface area contributed by atoms with E-state index < -0.39 is 0 Å². The molecule has 4 nitrogen and oxygen atoms in total. The van der Waals surface area contributed by atoms with Crippen molar-refractivity contribution >= 4 is 34.8 Å². The summed E-state index contributed by atoms with van der Waals surface area (Å²) >= 11 is 11.8. The summed E-state index contributed by atoms with van der Waals surface area (Å²) in [7, 11) is 1.73. The van der Waals surface area contributed by atoms with Crippen molar-refractivity contribution in [1.29, 1.82) is 0 Å². The second-order valence-corrected chi connectivity index (χ2v) is 5.56. The van der Waals surface area contributed by atoms with Gasteiger partial charge in [0.25, 0.3) is 0 Å². The minimum absolute atomic E-state index is 0.0462. The molecule has 0 aliphatic heterocycles. The number of likely N-dealkylation sites (N-methyl/N-ethyl adjacent to an activating group) is 1. The van der Waals surface area contributed by atoms with E-state index in [1.165, 1.54) is 0 Å². The first-order chi connectivity index (χ1) is 9.95. The lowest BCUT2D eigenvalue weighted by atomic mass is 10.3. The van der Waals surface area contributed by atoms with Crippen molar-refractivity contribution in [3.8, 4) is 0 Å². The number of aryl methyl sites for hydroxylation is 1. The first-order valence-electron chi connectivity index (χ1n) is 6.44. The van der Waals surface area contributed by atoms with E-state index in [-0.39, 0.29) is 12.5 Å². The second-order valence-electron chi connectivity index (χ2n) is 4.74. The lowest BCUT2D eigenvalue weighted by Gasteiger charge is -2.16. The number of hydrogen-bond donors (Lipinski definition) is 1. The molecule has 1 N–H and O–H groups in total. The maximum absolute atomic E-state index is 12.0. The van der Waals surface area contributed by atoms with Gasteiger partial charge in [-0.15, -0.1) is 0 Å². The molecule has 6 heteroatoms. The van der Waals surface area contributed by atoms with Crippen molar-refractivity contribution < 1.29 is 9.21 Å². The van der Waals surface area contributed by atoms with Crippen LogP contribution in [0.1, 0.15) is 11.5 Å². The molecular formula is C15H16Cl2N2O2. The lowest BCUT2D eigenvalue weighted by Crippen LogP contribution is -2.31. The molecule has 2 aromatic rings. The molecule has 0 unspecified atom stereocenters. The van der Waals surface area contributed by atoms with Crippen molar-refractivity contribution in [3.05, 3.63) is 51.9 Å². The highest BCUT2D eigenvalue weighted by Gasteiger charge is 2.11. The van der Waals surface area contributed by atoms with Gasteiger partial charge in [0.2, 0.25) is 5.91 Å². The quantitative estimate of drug-likeness (QED) is 0.904. The molecule has 2 rings (SSSR count). The van der Waals surface area contributed by atoms with E-state index in [1.807, 2.05) is 19.1 Å². The summed E-state index contributed by atoms with van der Waals surface area (Å²) in [5.74, 6) is 1.55. The van der Waals surface area contributed by atoms with Crippen molar-refractivity contribution in [1.82, 2.24) is 4.90 Å². The van der Waals surface area contributed by atoms with Gasteiger partial charge in [0.05, 0.1) is 23.1 Å². The summed E-state index contributed by atoms with van der Waals surface area (Å²) in [6, 6.07) is 8.89. The number of carbonyl (C=O) groups excluding carboxylic acids is 1. The number of anilines is 1. The van der Waals surface area contributed by atoms with E-state index in [1.54, 1.807) is 30.1 Å². The third kappa shape index (κ3) is 4.41. The maximum Gasteiger partial charge on any atom is 0.242 e. The van der Waals surface area contributed by atoms with Gasteiger partial charge in [0.15, 0.2) is 0 Å². The Labute approximate surface area is 133 Å². The van der Waals surface area contributed by atoms with Crippen LogP contribution in [0.25, 0.3) is 0 Å². The molecule has 0 saturated carbocycles. The summed E-state index contributed by atoms with van der Waals surface area (Å²) in [5, 5.41) is 3.96. The summed E-state index contributed by atoms with van der Waals surface area (Å²) in [5.41, 5.74) is 0.750. The maximum atomic E-state index is 12.0. The van der Waals surface area contributed by atoms with Crippen LogP contribution in [0.3, 0.4) is 0 Å². The highest BCUT2D eigenvalue weighted by atomic mass is 35.5. The van der Waals surface area contributed by atoms with E-state index in [0.29, 0.717) is 16.6 Å². The fourth-order valence-corrected chi connectivity index (χ4v) is 2.11. The molecule has 0 saturated heterocycles. The number of nitrogens with one attached hydrogen (secondary N) is 1. The largest absolute Gasteiger partial charge is 0.464 e. The molecule has 0 aliphatic carbocycles. The van der Waals surface area contributed by atoms with E-state index in [9.17, 15) is 4.79 Å². The Morgan fingerprint density at radius 3 is 2.62 bits per heavy atom. The molecule has 1 amide bonds. The summed E-state index contributed by atoms with van der Waals surface area (Å²) < 4.78 is 5.45. The van der Waals surface area contributed by atoms with Crippen LogP contribution in [0.4, 0.5) is 5.69 Å². The van der Waals surface area contributed by atoms with Gasteiger partial charge in [-0.1, -0.05) is 23.2 Å². The highest BCUT2D eigenvalue weighted by Crippen LogP contribution is 2.24. The highest BCUT2D eigenvalue weighted by molar-refractivity contribution is 6.42. The van der Waals surface area contributed by atoms with E-state index in [2.05, 4.69) is 5.32 Å². The van der Waals surface area contributed by atoms with Crippen LogP contribution in [0.15, 0.2) is 34.7 Å². The van der Waals surface area contributed by atoms with Gasteiger partial charge < -0.3 is 14.6 Å². The normalized spacial score (nSPS) is 10.5. The zero-order chi connectivity index (χ0) is 15.4. The number of rotatable bonds is 5. The van der Waals surface area contributed by atoms with Gasteiger partial charge in [-0.05, 0) is 37.3 Å². The van der Waals surface area contributed by atoms with Crippen LogP contribution in [0.2, 0.25) is 10.0 Å². The Bertz CT molecular complexity index is 640. The predicted octanol–water partition coefficient (Wildman–Crippen LogP) is 3.97. The molecule has 0 spiro atoms. The zero-order valence-corrected chi connectivity index (χ0v) is 13.3. The first-order valence-corrected chi connectivity index (χ1v) is 7.19. The minimum atomic E-state index is -0.0462. The molecule has 0 bridgehead atoms. The van der Waals surface area contributed by atoms with Gasteiger partial charge >= 0.3 is 0 Å². The van der Waals surface area contributed by atoms with Crippen LogP contribution >= 0.6 is 23.2 Å². The molecular weight excluding hydrogens is 311 g/mol. The predicted molar refractivity (Wildman–Crippen MR) is 84.9 cm³/mol. The average Bonchev–Trinajstić information content (AvgIpc) is 2.85. The fourth-order valence-electron chi connectivity index (χ4n) is 1.81. The smallest absolute Gasteiger partial charge is 0.242 e. The standard InChI is InChI=1S/C15H16Cl2N2O2/c1-10-3-5-12(21-10)9-19(2)15(20)8-18-11-4-6-13(16)14(17)7-11/h3-7,18H,8-9H2,1-2H3. The van der Waals surface area contributed by atoms with Gasteiger partial charge in [0.1, 0.15) is 11.5 Å². The molecule has 1 heterocycles. The third-order valence-electron chi connectivity index (χ3n) is 2.98. The first kappa shape index (κ1) is 15.7. The van der Waals surface area contributed by atoms with Crippen molar-refractivity contribution in [2.24, 2.45) is 0 Å². The molecule has 112 valence electrons. The van der Waals surface area contributed by atoms with Crippen LogP contribution in [-0.2, 0) is 11.3 Å². The van der Waals surface area contributed by atoms with Crippen LogP contribution in [0, 0.1) is 6.92 Å². The Hall–Kier alpha value is -1.65. The third-order valence-corrected chi connectivity index (χ3v) is 3.72. The number of hydrogen-bond acceptors (Lipinski definition) is 3. The van der Waals surface area contributed by atoms with E-state index >= 15 is 0 Å². The Morgan fingerprint density at radius 1 is 1.24 bits per heavy atom. The van der Waals surface area contributed by atoms with Gasteiger partial charge in [0, 0.05) is 12.7 Å². The molecule has 1 aromatic carbocycles. The molecule has 0 fully saturated rings. The lowest BCUT2D eigenvalue weighted by molar-refractivity contribution is -0.128. The van der Waals surface area contributed by atoms with Gasteiger partial charge in [-0.3, -0.25) is 4.79 Å². The summed E-state index contributed by atoms with van der Waals surface area (Å²) in [4.78, 5) is 13.6. The monoisotopic (exact) mass is 326 g/mol. The fraction of sp³-hybridized carbons (Fsp3) is 0.267. The SMILES string of the molecule is Cc1ccc(CN(C)C(=O)CNc2ccc(Cl)c(Cl)c2)o1. The number of amides is 1. The number of furan rings is 1. The van der Waals surface area contributed by atoms with Gasteiger partial charge in [-0.25, -0.2) is 0 Å². The average molecular weight is 327 g/mol. The molecule has 1 aromatic heterocycles. The van der Waals surface area contributed by atoms with E-state index in [4.69, 9.17) is 27.6 Å². The van der Waals surface area contributed by atoms with Crippen molar-refractivity contribution in [3.63, 3.8) is 0 Å². The molecule has 0 aliphatic rings. The van der Waals surface area contributed by atoms with Crippen LogP contribution in [0.5, 0.6) is 0 Å². The molecule has 0 atom stereocenters. The zero-order valence-electron chi connectivity index (χ0n) is 11.8. The topological polar surface area (TPSA) is 45.5 Å². The van der Waals surface area contributed by atoms with Crippen molar-refractivity contribution in [2.45, 2.75) is 13.5 Å². The number of nitrogens with zero attached hydrogens (tertiary/aromatic N) is 1. The minimum Gasteiger partial charge on any atom is -0.464 e. The van der Waals surface area contributed by atoms with E-state index in [0.717, 1.165) is 17.2 Å². The van der Waals surface area contributed by atoms with Crippen LogP contribution < -0.4 is 5.32 Å². The Kier molecular flexibility index (Phi) is 5.15. The van der Waals surface area contributed by atoms with Crippen LogP contribution in [-0.4, -0.2) is 24.4 Å². The summed E-state index contributed by atoms with van der Waals surface area (Å²) in [6.07, 6.45) is 0. The van der Waals surface area contributed by atoms with Gasteiger partial charge in [-0.2, -0.15) is 0 Å². The second kappa shape index (κ2) is 6.87. The molecule has 21 heavy (non-hydrogen) atoms. The number of carbonyl (C=O) groups is 1.